The summed E-state index contributed by atoms with van der Waals surface area (Å²) in [6, 6.07) is 0. The van der Waals surface area contributed by atoms with Crippen molar-refractivity contribution in [2.75, 3.05) is 0 Å². The van der Waals surface area contributed by atoms with Gasteiger partial charge in [-0.05, 0) is 0 Å². The summed E-state index contributed by atoms with van der Waals surface area (Å²) in [4.78, 5) is 21.7. The molecule has 0 aromatic heterocycles. The fourth-order valence-electron chi connectivity index (χ4n) is 0. The summed E-state index contributed by atoms with van der Waals surface area (Å²) in [5, 5.41) is 0. The van der Waals surface area contributed by atoms with Crippen LogP contribution in [-0.2, 0) is 0 Å². The van der Waals surface area contributed by atoms with Crippen LogP contribution in [0.2, 0.25) is 0 Å². The summed E-state index contributed by atoms with van der Waals surface area (Å²) in [6.07, 6.45) is 0. The van der Waals surface area contributed by atoms with Crippen molar-refractivity contribution in [3.8, 4) is 0 Å². The third-order valence-electron chi connectivity index (χ3n) is 0. The van der Waals surface area contributed by atoms with E-state index in [1.165, 1.54) is 0 Å². The molecule has 0 unspecified atom stereocenters. The van der Waals surface area contributed by atoms with Crippen molar-refractivity contribution in [1.82, 2.24) is 0 Å². The SMILES string of the molecule is OP(O)O.[Rf]. The first-order valence-corrected chi connectivity index (χ1v) is 1.80. The molecule has 0 atom stereocenters. The minimum atomic E-state index is -2.62. The molecule has 0 saturated heterocycles. The third kappa shape index (κ3) is 11.9. The van der Waals surface area contributed by atoms with Crippen LogP contribution >= 0.6 is 8.60 Å². The smallest absolute Gasteiger partial charge is 0.324 e. The first-order chi connectivity index (χ1) is 1.73. The van der Waals surface area contributed by atoms with Crippen LogP contribution in [-0.4, -0.2) is 14.7 Å². The number of rotatable bonds is 0. The van der Waals surface area contributed by atoms with Crippen molar-refractivity contribution in [2.24, 2.45) is 0 Å². The fraction of sp³-hybridized carbons (Fsp3) is 0. The maximum atomic E-state index is 7.23. The third-order valence-corrected chi connectivity index (χ3v) is 0. The van der Waals surface area contributed by atoms with Gasteiger partial charge in [0.2, 0.25) is 0 Å². The second-order valence-electron chi connectivity index (χ2n) is 0.268. The van der Waals surface area contributed by atoms with Crippen molar-refractivity contribution >= 4 is 8.60 Å². The predicted octanol–water partition coefficient (Wildman–Crippen LogP) is -0.810. The average Bonchev–Trinajstić information content (AvgIpc) is 0.811. The van der Waals surface area contributed by atoms with Crippen LogP contribution < -0.4 is 0 Å². The Morgan fingerprint density at radius 3 is 1.00 bits per heavy atom. The van der Waals surface area contributed by atoms with E-state index in [-0.39, 0.29) is 0 Å². The molecule has 5 heavy (non-hydrogen) atoms. The molecule has 0 heterocycles. The number of hydrogen-bond acceptors (Lipinski definition) is 3. The Labute approximate surface area is 24.5 Å². The van der Waals surface area contributed by atoms with Crippen molar-refractivity contribution in [3.63, 3.8) is 0 Å². The van der Waals surface area contributed by atoms with Crippen LogP contribution in [0.1, 0.15) is 0 Å². The maximum Gasteiger partial charge on any atom is 0.324 e. The molecule has 0 aliphatic heterocycles. The molecule has 0 aromatic rings. The summed E-state index contributed by atoms with van der Waals surface area (Å²) in [5.41, 5.74) is 0. The zero-order chi connectivity index (χ0) is 3.58. The summed E-state index contributed by atoms with van der Waals surface area (Å²) < 4.78 is 0. The van der Waals surface area contributed by atoms with Crippen molar-refractivity contribution < 1.29 is 14.7 Å². The molecule has 0 radical (unpaired) electrons. The minimum Gasteiger partial charge on any atom is -0.328 e. The van der Waals surface area contributed by atoms with Gasteiger partial charge >= 0.3 is 8.60 Å². The Morgan fingerprint density at radius 2 is 1.00 bits per heavy atom. The molecule has 3 N–H and O–H groups in total. The second kappa shape index (κ2) is 3.31. The van der Waals surface area contributed by atoms with E-state index in [2.05, 4.69) is 0 Å². The van der Waals surface area contributed by atoms with Gasteiger partial charge in [0.15, 0.2) is 0 Å². The minimum absolute atomic E-state index is 0. The Morgan fingerprint density at radius 1 is 1.00 bits per heavy atom. The van der Waals surface area contributed by atoms with E-state index in [1.807, 2.05) is 0 Å². The van der Waals surface area contributed by atoms with Gasteiger partial charge in [-0.2, -0.15) is 0 Å². The zero-order valence-corrected chi connectivity index (χ0v) is 9.79. The van der Waals surface area contributed by atoms with Gasteiger partial charge in [-0.1, -0.05) is 0 Å². The molecule has 0 amide bonds. The van der Waals surface area contributed by atoms with Crippen LogP contribution in [0.3, 0.4) is 0 Å². The summed E-state index contributed by atoms with van der Waals surface area (Å²) in [7, 11) is -2.62. The van der Waals surface area contributed by atoms with Crippen LogP contribution in [0.4, 0.5) is 0 Å². The Hall–Kier alpha value is -0.690. The Kier molecular flexibility index (Phi) is 5.86. The van der Waals surface area contributed by atoms with E-state index in [0.717, 1.165) is 0 Å². The molecular weight excluding hydrogens is 346 g/mol. The van der Waals surface area contributed by atoms with Crippen molar-refractivity contribution in [3.05, 3.63) is 0 Å². The van der Waals surface area contributed by atoms with Gasteiger partial charge in [-0.15, -0.1) is 0 Å². The summed E-state index contributed by atoms with van der Waals surface area (Å²) in [6.45, 7) is 0. The summed E-state index contributed by atoms with van der Waals surface area (Å²) in [5.74, 6) is 0. The first-order valence-electron chi connectivity index (χ1n) is 0.600. The van der Waals surface area contributed by atoms with Gasteiger partial charge in [0.25, 0.3) is 0 Å². The molecule has 0 aliphatic carbocycles. The number of hydrogen-bond donors (Lipinski definition) is 3. The van der Waals surface area contributed by atoms with E-state index < -0.39 is 8.60 Å². The molecule has 0 spiro atoms. The monoisotopic (exact) mass is 349 g/mol. The molecule has 0 bridgehead atoms. The summed E-state index contributed by atoms with van der Waals surface area (Å²) >= 11 is 0. The topological polar surface area (TPSA) is 60.7 Å². The fourth-order valence-corrected chi connectivity index (χ4v) is 0. The first kappa shape index (κ1) is 8.85. The molecular formula is H3O3PRf. The molecule has 3 nitrogen and oxygen atoms in total. The Balaban J connectivity index is 0. The van der Waals surface area contributed by atoms with E-state index in [9.17, 15) is 0 Å². The van der Waals surface area contributed by atoms with E-state index in [1.54, 1.807) is 0 Å². The van der Waals surface area contributed by atoms with E-state index >= 15 is 0 Å². The van der Waals surface area contributed by atoms with Gasteiger partial charge in [0, 0.05) is 0 Å². The van der Waals surface area contributed by atoms with Crippen LogP contribution in [0, 0.1) is 0 Å². The second-order valence-corrected chi connectivity index (χ2v) is 0.805. The van der Waals surface area contributed by atoms with Gasteiger partial charge in [0.1, 0.15) is 0 Å². The van der Waals surface area contributed by atoms with Crippen LogP contribution in [0.5, 0.6) is 0 Å². The van der Waals surface area contributed by atoms with Crippen molar-refractivity contribution in [1.29, 1.82) is 0 Å². The molecule has 0 rings (SSSR count). The van der Waals surface area contributed by atoms with Gasteiger partial charge in [-0.25, -0.2) is 0 Å². The molecule has 0 aromatic carbocycles. The van der Waals surface area contributed by atoms with E-state index in [4.69, 9.17) is 14.7 Å². The van der Waals surface area contributed by atoms with Crippen molar-refractivity contribution in [2.45, 2.75) is 0 Å². The maximum absolute atomic E-state index is 7.23. The van der Waals surface area contributed by atoms with Gasteiger partial charge in [-0.3, -0.25) is 0 Å². The average molecular weight is 349 g/mol. The largest absolute Gasteiger partial charge is 0.328 e. The van der Waals surface area contributed by atoms with E-state index in [0.29, 0.717) is 0 Å². The van der Waals surface area contributed by atoms with Gasteiger partial charge in [0.05, 0.1) is 0 Å². The predicted molar refractivity (Wildman–Crippen MR) is 13.6 cm³/mol. The van der Waals surface area contributed by atoms with Gasteiger partial charge < -0.3 is 14.7 Å². The van der Waals surface area contributed by atoms with Crippen LogP contribution in [0.15, 0.2) is 0 Å². The zero-order valence-electron chi connectivity index (χ0n) is 2.50. The molecule has 0 fully saturated rings. The van der Waals surface area contributed by atoms with Crippen LogP contribution in [0.25, 0.3) is 0 Å². The molecule has 5 heteroatoms. The Bertz CT molecular complexity index is 11.6. The molecule has 28 valence electrons. The standard InChI is InChI=1S/H3O3P.Rf/c1-4(2)3;/h1-3H;. The quantitative estimate of drug-likeness (QED) is 0.502. The molecule has 0 aliphatic rings. The normalized spacial score (nSPS) is 7.20. The molecule has 0 saturated carbocycles.